The SMILES string of the molecule is O=S(=O)(Nc1cccc(Nc2nccc(N3C=CC=NC3)n2)c1)c1ccc(Cl)cc1. The van der Waals surface area contributed by atoms with Crippen LogP contribution in [0.1, 0.15) is 0 Å². The molecule has 1 aliphatic heterocycles. The second-order valence-corrected chi connectivity index (χ2v) is 8.41. The van der Waals surface area contributed by atoms with Crippen molar-refractivity contribution in [2.45, 2.75) is 4.90 Å². The number of aromatic nitrogens is 2. The lowest BCUT2D eigenvalue weighted by Gasteiger charge is -2.19. The van der Waals surface area contributed by atoms with Gasteiger partial charge in [0, 0.05) is 29.3 Å². The van der Waals surface area contributed by atoms with Gasteiger partial charge in [-0.05, 0) is 54.6 Å². The number of hydrogen-bond donors (Lipinski definition) is 2. The van der Waals surface area contributed by atoms with Crippen LogP contribution in [0.4, 0.5) is 23.1 Å². The first-order valence-electron chi connectivity index (χ1n) is 8.91. The van der Waals surface area contributed by atoms with Crippen LogP contribution in [0.25, 0.3) is 0 Å². The Morgan fingerprint density at radius 2 is 1.83 bits per heavy atom. The zero-order valence-electron chi connectivity index (χ0n) is 15.6. The summed E-state index contributed by atoms with van der Waals surface area (Å²) >= 11 is 5.83. The largest absolute Gasteiger partial charge is 0.324 e. The zero-order chi connectivity index (χ0) is 21.0. The molecule has 0 aliphatic carbocycles. The Morgan fingerprint density at radius 1 is 1.03 bits per heavy atom. The van der Waals surface area contributed by atoms with Crippen molar-refractivity contribution >= 4 is 51.0 Å². The summed E-state index contributed by atoms with van der Waals surface area (Å²) in [7, 11) is -3.74. The minimum Gasteiger partial charge on any atom is -0.324 e. The molecule has 0 amide bonds. The first kappa shape index (κ1) is 19.9. The number of nitrogens with zero attached hydrogens (tertiary/aromatic N) is 4. The number of benzene rings is 2. The number of halogens is 1. The summed E-state index contributed by atoms with van der Waals surface area (Å²) in [5.74, 6) is 1.08. The van der Waals surface area contributed by atoms with Crippen LogP contribution in [-0.4, -0.2) is 31.3 Å². The quantitative estimate of drug-likeness (QED) is 0.600. The van der Waals surface area contributed by atoms with Crippen molar-refractivity contribution in [3.05, 3.63) is 78.1 Å². The van der Waals surface area contributed by atoms with Gasteiger partial charge in [-0.1, -0.05) is 17.7 Å². The first-order valence-corrected chi connectivity index (χ1v) is 10.8. The van der Waals surface area contributed by atoms with Gasteiger partial charge in [0.2, 0.25) is 5.95 Å². The van der Waals surface area contributed by atoms with Gasteiger partial charge < -0.3 is 10.2 Å². The number of nitrogens with one attached hydrogen (secondary N) is 2. The van der Waals surface area contributed by atoms with Gasteiger partial charge >= 0.3 is 0 Å². The van der Waals surface area contributed by atoms with Crippen LogP contribution in [0.5, 0.6) is 0 Å². The van der Waals surface area contributed by atoms with Crippen molar-refractivity contribution in [1.82, 2.24) is 9.97 Å². The highest BCUT2D eigenvalue weighted by Crippen LogP contribution is 2.23. The minimum absolute atomic E-state index is 0.124. The maximum absolute atomic E-state index is 12.6. The molecule has 2 N–H and O–H groups in total. The van der Waals surface area contributed by atoms with Crippen molar-refractivity contribution in [2.24, 2.45) is 4.99 Å². The van der Waals surface area contributed by atoms with E-state index in [0.29, 0.717) is 34.8 Å². The fraction of sp³-hybridized carbons (Fsp3) is 0.0500. The van der Waals surface area contributed by atoms with Gasteiger partial charge in [-0.3, -0.25) is 9.71 Å². The van der Waals surface area contributed by atoms with Crippen molar-refractivity contribution in [3.63, 3.8) is 0 Å². The summed E-state index contributed by atoms with van der Waals surface area (Å²) in [6.07, 6.45) is 7.08. The summed E-state index contributed by atoms with van der Waals surface area (Å²) in [5, 5.41) is 3.56. The van der Waals surface area contributed by atoms with Crippen LogP contribution < -0.4 is 14.9 Å². The molecule has 0 saturated heterocycles. The highest BCUT2D eigenvalue weighted by atomic mass is 35.5. The predicted molar refractivity (Wildman–Crippen MR) is 119 cm³/mol. The van der Waals surface area contributed by atoms with Crippen molar-refractivity contribution < 1.29 is 8.42 Å². The van der Waals surface area contributed by atoms with Crippen LogP contribution in [0.15, 0.2) is 83.0 Å². The molecule has 0 spiro atoms. The summed E-state index contributed by atoms with van der Waals surface area (Å²) in [4.78, 5) is 14.9. The van der Waals surface area contributed by atoms with Gasteiger partial charge in [0.05, 0.1) is 10.6 Å². The highest BCUT2D eigenvalue weighted by molar-refractivity contribution is 7.92. The molecule has 3 aromatic rings. The van der Waals surface area contributed by atoms with Crippen LogP contribution in [0, 0.1) is 0 Å². The van der Waals surface area contributed by atoms with Crippen LogP contribution in [0.2, 0.25) is 5.02 Å². The molecule has 30 heavy (non-hydrogen) atoms. The Morgan fingerprint density at radius 3 is 2.60 bits per heavy atom. The second kappa shape index (κ2) is 8.52. The summed E-state index contributed by atoms with van der Waals surface area (Å²) in [6.45, 7) is 0.481. The van der Waals surface area contributed by atoms with E-state index in [-0.39, 0.29) is 4.90 Å². The molecule has 10 heteroatoms. The van der Waals surface area contributed by atoms with Crippen LogP contribution in [0.3, 0.4) is 0 Å². The van der Waals surface area contributed by atoms with Crippen molar-refractivity contribution in [1.29, 1.82) is 0 Å². The number of rotatable bonds is 6. The number of allylic oxidation sites excluding steroid dienone is 1. The zero-order valence-corrected chi connectivity index (χ0v) is 17.2. The van der Waals surface area contributed by atoms with E-state index in [1.165, 1.54) is 24.3 Å². The van der Waals surface area contributed by atoms with Crippen molar-refractivity contribution in [2.75, 3.05) is 21.6 Å². The van der Waals surface area contributed by atoms with E-state index in [1.54, 1.807) is 42.7 Å². The Kier molecular flexibility index (Phi) is 5.64. The van der Waals surface area contributed by atoms with Gasteiger partial charge in [0.25, 0.3) is 10.0 Å². The van der Waals surface area contributed by atoms with E-state index >= 15 is 0 Å². The summed E-state index contributed by atoms with van der Waals surface area (Å²) in [6, 6.07) is 14.6. The third-order valence-corrected chi connectivity index (χ3v) is 5.77. The molecule has 0 bridgehead atoms. The molecule has 1 aromatic heterocycles. The average Bonchev–Trinajstić information content (AvgIpc) is 2.75. The molecule has 4 rings (SSSR count). The van der Waals surface area contributed by atoms with E-state index in [2.05, 4.69) is 25.0 Å². The smallest absolute Gasteiger partial charge is 0.261 e. The standard InChI is InChI=1S/C20H17ClN6O2S/c21-15-5-7-18(8-6-15)30(28,29)26-17-4-1-3-16(13-17)24-20-23-11-9-19(25-20)27-12-2-10-22-14-27/h1-13,26H,14H2,(H,23,24,25). The lowest BCUT2D eigenvalue weighted by molar-refractivity contribution is 0.601. The fourth-order valence-corrected chi connectivity index (χ4v) is 3.90. The number of aliphatic imine (C=N–C) groups is 1. The summed E-state index contributed by atoms with van der Waals surface area (Å²) in [5.41, 5.74) is 1.04. The Labute approximate surface area is 179 Å². The number of hydrogen-bond acceptors (Lipinski definition) is 7. The molecule has 152 valence electrons. The van der Waals surface area contributed by atoms with E-state index in [1.807, 2.05) is 17.2 Å². The van der Waals surface area contributed by atoms with Gasteiger partial charge in [-0.2, -0.15) is 4.98 Å². The van der Waals surface area contributed by atoms with Gasteiger partial charge in [-0.15, -0.1) is 0 Å². The van der Waals surface area contributed by atoms with Crippen LogP contribution >= 0.6 is 11.6 Å². The highest BCUT2D eigenvalue weighted by Gasteiger charge is 2.14. The first-order chi connectivity index (χ1) is 14.5. The van der Waals surface area contributed by atoms with E-state index < -0.39 is 10.0 Å². The molecule has 2 aromatic carbocycles. The molecule has 0 fully saturated rings. The molecular weight excluding hydrogens is 424 g/mol. The molecule has 0 atom stereocenters. The third-order valence-electron chi connectivity index (χ3n) is 4.12. The molecule has 8 nitrogen and oxygen atoms in total. The third kappa shape index (κ3) is 4.76. The molecule has 1 aliphatic rings. The van der Waals surface area contributed by atoms with E-state index in [9.17, 15) is 8.42 Å². The molecule has 2 heterocycles. The topological polar surface area (TPSA) is 99.6 Å². The normalized spacial score (nSPS) is 13.3. The van der Waals surface area contributed by atoms with E-state index in [0.717, 1.165) is 0 Å². The van der Waals surface area contributed by atoms with Crippen LogP contribution in [-0.2, 0) is 10.0 Å². The Hall–Kier alpha value is -3.43. The molecular formula is C20H17ClN6O2S. The monoisotopic (exact) mass is 440 g/mol. The molecule has 0 saturated carbocycles. The Balaban J connectivity index is 1.51. The Bertz CT molecular complexity index is 1210. The van der Waals surface area contributed by atoms with Crippen molar-refractivity contribution in [3.8, 4) is 0 Å². The fourth-order valence-electron chi connectivity index (χ4n) is 2.72. The predicted octanol–water partition coefficient (Wildman–Crippen LogP) is 4.04. The second-order valence-electron chi connectivity index (χ2n) is 6.29. The van der Waals surface area contributed by atoms with Gasteiger partial charge in [0.1, 0.15) is 12.5 Å². The van der Waals surface area contributed by atoms with Gasteiger partial charge in [0.15, 0.2) is 0 Å². The number of anilines is 4. The lowest BCUT2D eigenvalue weighted by Crippen LogP contribution is -2.20. The summed E-state index contributed by atoms with van der Waals surface area (Å²) < 4.78 is 27.7. The average molecular weight is 441 g/mol. The maximum Gasteiger partial charge on any atom is 0.261 e. The lowest BCUT2D eigenvalue weighted by atomic mass is 10.3. The maximum atomic E-state index is 12.6. The molecule has 0 unspecified atom stereocenters. The van der Waals surface area contributed by atoms with Gasteiger partial charge in [-0.25, -0.2) is 13.4 Å². The van der Waals surface area contributed by atoms with E-state index in [4.69, 9.17) is 11.6 Å². The molecule has 0 radical (unpaired) electrons. The minimum atomic E-state index is -3.74. The number of sulfonamides is 1.